The van der Waals surface area contributed by atoms with E-state index >= 15 is 0 Å². The van der Waals surface area contributed by atoms with Crippen molar-refractivity contribution in [1.29, 1.82) is 0 Å². The van der Waals surface area contributed by atoms with Crippen LogP contribution in [-0.4, -0.2) is 46.6 Å². The molecule has 1 aromatic carbocycles. The smallest absolute Gasteiger partial charge is 0.319 e. The molecule has 0 spiro atoms. The predicted molar refractivity (Wildman–Crippen MR) is 106 cm³/mol. The molecule has 0 aliphatic carbocycles. The summed E-state index contributed by atoms with van der Waals surface area (Å²) in [6.45, 7) is 6.38. The van der Waals surface area contributed by atoms with E-state index in [0.717, 1.165) is 11.3 Å². The van der Waals surface area contributed by atoms with Crippen LogP contribution in [0.2, 0.25) is 0 Å². The van der Waals surface area contributed by atoms with Crippen LogP contribution in [0, 0.1) is 6.92 Å². The molecule has 4 N–H and O–H groups in total. The molecule has 0 unspecified atom stereocenters. The molecule has 0 saturated carbocycles. The zero-order chi connectivity index (χ0) is 20.3. The summed E-state index contributed by atoms with van der Waals surface area (Å²) < 4.78 is 1.76. The molecule has 3 amide bonds. The SMILES string of the molecule is CNC(=O)[C@@H]1C[C@@H](n2cc(C(C)(C)NC(=O)Nc3ccc(C)cc3)nn2)CN1. The Balaban J connectivity index is 1.62. The molecule has 1 fully saturated rings. The summed E-state index contributed by atoms with van der Waals surface area (Å²) in [4.78, 5) is 24.1. The number of aryl methyl sites for hydroxylation is 1. The summed E-state index contributed by atoms with van der Waals surface area (Å²) in [6.07, 6.45) is 2.47. The van der Waals surface area contributed by atoms with Gasteiger partial charge in [-0.3, -0.25) is 4.79 Å². The lowest BCUT2D eigenvalue weighted by molar-refractivity contribution is -0.122. The summed E-state index contributed by atoms with van der Waals surface area (Å²) >= 11 is 0. The largest absolute Gasteiger partial charge is 0.358 e. The first-order valence-corrected chi connectivity index (χ1v) is 9.31. The normalized spacial score (nSPS) is 19.3. The monoisotopic (exact) mass is 385 g/mol. The van der Waals surface area contributed by atoms with Crippen molar-refractivity contribution in [3.63, 3.8) is 0 Å². The molecule has 1 saturated heterocycles. The highest BCUT2D eigenvalue weighted by atomic mass is 16.2. The zero-order valence-electron chi connectivity index (χ0n) is 16.6. The van der Waals surface area contributed by atoms with Crippen LogP contribution in [-0.2, 0) is 10.3 Å². The Bertz CT molecular complexity index is 844. The van der Waals surface area contributed by atoms with Gasteiger partial charge in [0.2, 0.25) is 5.91 Å². The minimum absolute atomic E-state index is 0.0300. The molecule has 2 heterocycles. The van der Waals surface area contributed by atoms with Crippen molar-refractivity contribution in [1.82, 2.24) is 30.9 Å². The van der Waals surface area contributed by atoms with Gasteiger partial charge in [0.1, 0.15) is 5.69 Å². The molecular weight excluding hydrogens is 358 g/mol. The Kier molecular flexibility index (Phi) is 5.64. The van der Waals surface area contributed by atoms with Crippen molar-refractivity contribution >= 4 is 17.6 Å². The van der Waals surface area contributed by atoms with Gasteiger partial charge in [0.15, 0.2) is 0 Å². The fourth-order valence-electron chi connectivity index (χ4n) is 3.18. The third-order valence-electron chi connectivity index (χ3n) is 4.93. The molecule has 3 rings (SSSR count). The summed E-state index contributed by atoms with van der Waals surface area (Å²) in [5, 5.41) is 20.0. The van der Waals surface area contributed by atoms with Gasteiger partial charge in [0, 0.05) is 19.3 Å². The second-order valence-corrected chi connectivity index (χ2v) is 7.62. The maximum absolute atomic E-state index is 12.4. The molecule has 2 aromatic rings. The fraction of sp³-hybridized carbons (Fsp3) is 0.474. The summed E-state index contributed by atoms with van der Waals surface area (Å²) in [7, 11) is 1.63. The Hall–Kier alpha value is -2.94. The van der Waals surface area contributed by atoms with Crippen LogP contribution in [0.3, 0.4) is 0 Å². The van der Waals surface area contributed by atoms with Gasteiger partial charge in [-0.1, -0.05) is 22.9 Å². The number of nitrogens with one attached hydrogen (secondary N) is 4. The number of amides is 3. The summed E-state index contributed by atoms with van der Waals surface area (Å²) in [5.74, 6) is -0.0300. The van der Waals surface area contributed by atoms with Gasteiger partial charge >= 0.3 is 6.03 Å². The van der Waals surface area contributed by atoms with E-state index in [1.54, 1.807) is 11.7 Å². The molecule has 1 aliphatic rings. The van der Waals surface area contributed by atoms with Gasteiger partial charge in [-0.15, -0.1) is 5.10 Å². The number of nitrogens with zero attached hydrogens (tertiary/aromatic N) is 3. The van der Waals surface area contributed by atoms with E-state index in [1.807, 2.05) is 51.2 Å². The lowest BCUT2D eigenvalue weighted by atomic mass is 10.0. The van der Waals surface area contributed by atoms with Gasteiger partial charge in [-0.2, -0.15) is 0 Å². The van der Waals surface area contributed by atoms with Crippen molar-refractivity contribution < 1.29 is 9.59 Å². The number of likely N-dealkylation sites (N-methyl/N-ethyl adjacent to an activating group) is 1. The Morgan fingerprint density at radius 3 is 2.64 bits per heavy atom. The zero-order valence-corrected chi connectivity index (χ0v) is 16.6. The van der Waals surface area contributed by atoms with Crippen LogP contribution in [0.4, 0.5) is 10.5 Å². The number of aromatic nitrogens is 3. The molecule has 150 valence electrons. The minimum atomic E-state index is -0.709. The van der Waals surface area contributed by atoms with Crippen LogP contribution in [0.1, 0.15) is 37.6 Å². The van der Waals surface area contributed by atoms with Crippen LogP contribution in [0.5, 0.6) is 0 Å². The summed E-state index contributed by atoms with van der Waals surface area (Å²) in [6, 6.07) is 7.09. The Morgan fingerprint density at radius 1 is 1.25 bits per heavy atom. The molecule has 1 aliphatic heterocycles. The lowest BCUT2D eigenvalue weighted by Crippen LogP contribution is -2.43. The number of hydrogen-bond donors (Lipinski definition) is 4. The standard InChI is InChI=1S/C19H27N7O2/c1-12-5-7-13(8-6-12)22-18(28)23-19(2,3)16-11-26(25-24-16)14-9-15(21-10-14)17(27)20-4/h5-8,11,14-15,21H,9-10H2,1-4H3,(H,20,27)(H2,22,23,28)/t14-,15+/m1/s1. The van der Waals surface area contributed by atoms with E-state index < -0.39 is 5.54 Å². The van der Waals surface area contributed by atoms with Crippen LogP contribution < -0.4 is 21.3 Å². The van der Waals surface area contributed by atoms with Gasteiger partial charge in [-0.25, -0.2) is 9.48 Å². The molecule has 9 nitrogen and oxygen atoms in total. The maximum Gasteiger partial charge on any atom is 0.319 e. The Labute approximate surface area is 164 Å². The number of carbonyl (C=O) groups is 2. The van der Waals surface area contributed by atoms with Crippen LogP contribution in [0.25, 0.3) is 0 Å². The molecule has 2 atom stereocenters. The number of hydrogen-bond acceptors (Lipinski definition) is 5. The molecule has 0 bridgehead atoms. The average Bonchev–Trinajstić information content (AvgIpc) is 3.32. The number of benzene rings is 1. The summed E-state index contributed by atoms with van der Waals surface area (Å²) in [5.41, 5.74) is 1.79. The van der Waals surface area contributed by atoms with Crippen molar-refractivity contribution in [3.05, 3.63) is 41.7 Å². The number of urea groups is 1. The van der Waals surface area contributed by atoms with E-state index in [1.165, 1.54) is 0 Å². The van der Waals surface area contributed by atoms with Gasteiger partial charge in [0.25, 0.3) is 0 Å². The number of anilines is 1. The van der Waals surface area contributed by atoms with Gasteiger partial charge in [0.05, 0.1) is 23.8 Å². The molecule has 28 heavy (non-hydrogen) atoms. The third kappa shape index (κ3) is 4.48. The second kappa shape index (κ2) is 7.97. The highest BCUT2D eigenvalue weighted by Crippen LogP contribution is 2.23. The van der Waals surface area contributed by atoms with Gasteiger partial charge in [-0.05, 0) is 39.3 Å². The van der Waals surface area contributed by atoms with Crippen molar-refractivity contribution in [2.24, 2.45) is 0 Å². The number of carbonyl (C=O) groups excluding carboxylic acids is 2. The highest BCUT2D eigenvalue weighted by Gasteiger charge is 2.32. The molecular formula is C19H27N7O2. The molecule has 0 radical (unpaired) electrons. The quantitative estimate of drug-likeness (QED) is 0.620. The highest BCUT2D eigenvalue weighted by molar-refractivity contribution is 5.89. The number of rotatable bonds is 5. The van der Waals surface area contributed by atoms with E-state index in [2.05, 4.69) is 31.6 Å². The predicted octanol–water partition coefficient (Wildman–Crippen LogP) is 1.29. The lowest BCUT2D eigenvalue weighted by Gasteiger charge is -2.24. The van der Waals surface area contributed by atoms with E-state index in [4.69, 9.17) is 0 Å². The van der Waals surface area contributed by atoms with Crippen LogP contribution >= 0.6 is 0 Å². The van der Waals surface area contributed by atoms with E-state index in [9.17, 15) is 9.59 Å². The fourth-order valence-corrected chi connectivity index (χ4v) is 3.18. The minimum Gasteiger partial charge on any atom is -0.358 e. The van der Waals surface area contributed by atoms with E-state index in [-0.39, 0.29) is 24.0 Å². The first-order valence-electron chi connectivity index (χ1n) is 9.31. The molecule has 1 aromatic heterocycles. The van der Waals surface area contributed by atoms with Crippen molar-refractivity contribution in [2.45, 2.75) is 44.8 Å². The van der Waals surface area contributed by atoms with Crippen molar-refractivity contribution in [3.8, 4) is 0 Å². The van der Waals surface area contributed by atoms with Gasteiger partial charge < -0.3 is 21.3 Å². The van der Waals surface area contributed by atoms with Crippen molar-refractivity contribution in [2.75, 3.05) is 18.9 Å². The first kappa shape index (κ1) is 19.8. The van der Waals surface area contributed by atoms with Crippen LogP contribution in [0.15, 0.2) is 30.5 Å². The topological polar surface area (TPSA) is 113 Å². The second-order valence-electron chi connectivity index (χ2n) is 7.62. The third-order valence-corrected chi connectivity index (χ3v) is 4.93. The average molecular weight is 385 g/mol. The van der Waals surface area contributed by atoms with E-state index in [0.29, 0.717) is 18.7 Å². The Morgan fingerprint density at radius 2 is 1.96 bits per heavy atom. The maximum atomic E-state index is 12.4. The molecule has 9 heteroatoms. The first-order chi connectivity index (χ1) is 13.3.